The van der Waals surface area contributed by atoms with Crippen LogP contribution in [0, 0.1) is 5.92 Å². The van der Waals surface area contributed by atoms with Crippen molar-refractivity contribution in [1.29, 1.82) is 0 Å². The van der Waals surface area contributed by atoms with Gasteiger partial charge in [-0.05, 0) is 43.7 Å². The molecule has 2 fully saturated rings. The highest BCUT2D eigenvalue weighted by Crippen LogP contribution is 2.43. The molecule has 21 heavy (non-hydrogen) atoms. The number of piperazine rings is 1. The number of nitrogens with zero attached hydrogens (tertiary/aromatic N) is 1. The van der Waals surface area contributed by atoms with E-state index in [9.17, 15) is 0 Å². The summed E-state index contributed by atoms with van der Waals surface area (Å²) in [6, 6.07) is 11.3. The van der Waals surface area contributed by atoms with Crippen LogP contribution < -0.4 is 5.32 Å². The maximum Gasteiger partial charge on any atom is 0.0477 e. The van der Waals surface area contributed by atoms with E-state index < -0.39 is 0 Å². The number of halogens is 1. The Morgan fingerprint density at radius 1 is 1.38 bits per heavy atom. The average molecular weight is 305 g/mol. The molecule has 3 rings (SSSR count). The van der Waals surface area contributed by atoms with Crippen LogP contribution in [-0.2, 0) is 0 Å². The molecule has 0 aromatic heterocycles. The molecule has 0 spiro atoms. The van der Waals surface area contributed by atoms with Gasteiger partial charge in [0, 0.05) is 36.8 Å². The molecule has 2 aliphatic rings. The summed E-state index contributed by atoms with van der Waals surface area (Å²) in [5, 5.41) is 3.83. The Balaban J connectivity index is 1.81. The first-order chi connectivity index (χ1) is 10.1. The highest BCUT2D eigenvalue weighted by Gasteiger charge is 2.46. The van der Waals surface area contributed by atoms with Gasteiger partial charge in [0.2, 0.25) is 0 Å². The minimum absolute atomic E-state index is 0.262. The first kappa shape index (κ1) is 15.1. The van der Waals surface area contributed by atoms with Crippen molar-refractivity contribution in [3.05, 3.63) is 47.0 Å². The highest BCUT2D eigenvalue weighted by atomic mass is 35.5. The molecule has 1 aromatic carbocycles. The summed E-state index contributed by atoms with van der Waals surface area (Å²) in [7, 11) is 0. The molecule has 1 aliphatic heterocycles. The Kier molecular flexibility index (Phi) is 4.39. The lowest BCUT2D eigenvalue weighted by atomic mass is 9.89. The van der Waals surface area contributed by atoms with Crippen molar-refractivity contribution in [1.82, 2.24) is 10.2 Å². The molecule has 1 aromatic rings. The van der Waals surface area contributed by atoms with Crippen molar-refractivity contribution in [3.63, 3.8) is 0 Å². The first-order valence-corrected chi connectivity index (χ1v) is 8.36. The van der Waals surface area contributed by atoms with Crippen molar-refractivity contribution in [3.8, 4) is 0 Å². The molecule has 0 radical (unpaired) electrons. The van der Waals surface area contributed by atoms with E-state index in [0.29, 0.717) is 6.04 Å². The Labute approximate surface area is 133 Å². The van der Waals surface area contributed by atoms with Gasteiger partial charge in [-0.15, -0.1) is 0 Å². The van der Waals surface area contributed by atoms with E-state index in [0.717, 1.165) is 25.6 Å². The summed E-state index contributed by atoms with van der Waals surface area (Å²) in [6.45, 7) is 7.57. The molecule has 1 N–H and O–H groups in total. The lowest BCUT2D eigenvalue weighted by Crippen LogP contribution is -2.61. The molecule has 1 aliphatic carbocycles. The van der Waals surface area contributed by atoms with Crippen LogP contribution in [0.1, 0.15) is 38.3 Å². The van der Waals surface area contributed by atoms with Crippen LogP contribution in [0.5, 0.6) is 0 Å². The maximum atomic E-state index is 5.91. The third kappa shape index (κ3) is 3.33. The van der Waals surface area contributed by atoms with Crippen LogP contribution in [0.15, 0.2) is 41.4 Å². The van der Waals surface area contributed by atoms with E-state index in [1.165, 1.54) is 24.0 Å². The number of benzene rings is 1. The van der Waals surface area contributed by atoms with E-state index in [4.69, 9.17) is 11.6 Å². The van der Waals surface area contributed by atoms with Gasteiger partial charge >= 0.3 is 0 Å². The lowest BCUT2D eigenvalue weighted by Gasteiger charge is -2.47. The predicted molar refractivity (Wildman–Crippen MR) is 89.5 cm³/mol. The standard InChI is InChI=1S/C18H25ClN2/c1-14(10-19)12-21-13-18(2,16-8-9-16)20-11-17(21)15-6-4-3-5-7-15/h3-7,10,16-17,20H,8-9,11-13H2,1-2H3/b14-10-. The molecule has 1 saturated heterocycles. The zero-order chi connectivity index (χ0) is 14.9. The van der Waals surface area contributed by atoms with Crippen molar-refractivity contribution in [2.75, 3.05) is 19.6 Å². The number of nitrogens with one attached hydrogen (secondary N) is 1. The van der Waals surface area contributed by atoms with Crippen LogP contribution in [0.25, 0.3) is 0 Å². The van der Waals surface area contributed by atoms with Gasteiger partial charge in [0.1, 0.15) is 0 Å². The minimum Gasteiger partial charge on any atom is -0.308 e. The molecular weight excluding hydrogens is 280 g/mol. The minimum atomic E-state index is 0.262. The SMILES string of the molecule is C/C(=C/Cl)CN1CC(C)(C2CC2)NCC1c1ccccc1. The summed E-state index contributed by atoms with van der Waals surface area (Å²) in [6.07, 6.45) is 2.75. The second-order valence-corrected chi connectivity index (χ2v) is 7.08. The van der Waals surface area contributed by atoms with Crippen LogP contribution in [-0.4, -0.2) is 30.1 Å². The molecular formula is C18H25ClN2. The zero-order valence-electron chi connectivity index (χ0n) is 13.0. The number of hydrogen-bond donors (Lipinski definition) is 1. The van der Waals surface area contributed by atoms with E-state index in [2.05, 4.69) is 54.4 Å². The van der Waals surface area contributed by atoms with E-state index in [-0.39, 0.29) is 5.54 Å². The Morgan fingerprint density at radius 3 is 2.71 bits per heavy atom. The summed E-state index contributed by atoms with van der Waals surface area (Å²) >= 11 is 5.91. The average Bonchev–Trinajstić information content (AvgIpc) is 3.33. The summed E-state index contributed by atoms with van der Waals surface area (Å²) in [4.78, 5) is 2.60. The van der Waals surface area contributed by atoms with E-state index >= 15 is 0 Å². The summed E-state index contributed by atoms with van der Waals surface area (Å²) in [5.74, 6) is 0.844. The molecule has 0 bridgehead atoms. The van der Waals surface area contributed by atoms with E-state index in [1.54, 1.807) is 5.54 Å². The van der Waals surface area contributed by atoms with Crippen molar-refractivity contribution in [2.24, 2.45) is 5.92 Å². The third-order valence-corrected chi connectivity index (χ3v) is 5.35. The number of hydrogen-bond acceptors (Lipinski definition) is 2. The summed E-state index contributed by atoms with van der Waals surface area (Å²) < 4.78 is 0. The molecule has 0 amide bonds. The molecule has 1 saturated carbocycles. The highest BCUT2D eigenvalue weighted by molar-refractivity contribution is 6.25. The topological polar surface area (TPSA) is 15.3 Å². The largest absolute Gasteiger partial charge is 0.308 e. The Morgan fingerprint density at radius 2 is 2.10 bits per heavy atom. The van der Waals surface area contributed by atoms with Gasteiger partial charge in [0.25, 0.3) is 0 Å². The quantitative estimate of drug-likeness (QED) is 0.906. The second-order valence-electron chi connectivity index (χ2n) is 6.86. The first-order valence-electron chi connectivity index (χ1n) is 7.92. The maximum absolute atomic E-state index is 5.91. The van der Waals surface area contributed by atoms with E-state index in [1.807, 2.05) is 0 Å². The fourth-order valence-electron chi connectivity index (χ4n) is 3.57. The monoisotopic (exact) mass is 304 g/mol. The lowest BCUT2D eigenvalue weighted by molar-refractivity contribution is 0.0831. The van der Waals surface area contributed by atoms with Crippen LogP contribution in [0.2, 0.25) is 0 Å². The third-order valence-electron chi connectivity index (χ3n) is 4.97. The Hall–Kier alpha value is -0.830. The van der Waals surface area contributed by atoms with Crippen LogP contribution in [0.3, 0.4) is 0 Å². The fraction of sp³-hybridized carbons (Fsp3) is 0.556. The summed E-state index contributed by atoms with van der Waals surface area (Å²) in [5.41, 5.74) is 4.61. The van der Waals surface area contributed by atoms with Gasteiger partial charge in [-0.2, -0.15) is 0 Å². The molecule has 2 unspecified atom stereocenters. The van der Waals surface area contributed by atoms with Crippen LogP contribution in [0.4, 0.5) is 0 Å². The zero-order valence-corrected chi connectivity index (χ0v) is 13.7. The Bertz CT molecular complexity index is 509. The van der Waals surface area contributed by atoms with Crippen molar-refractivity contribution in [2.45, 2.75) is 38.3 Å². The molecule has 2 atom stereocenters. The smallest absolute Gasteiger partial charge is 0.0477 e. The van der Waals surface area contributed by atoms with Gasteiger partial charge in [-0.25, -0.2) is 0 Å². The van der Waals surface area contributed by atoms with Gasteiger partial charge in [-0.1, -0.05) is 41.9 Å². The molecule has 3 heteroatoms. The predicted octanol–water partition coefficient (Wildman–Crippen LogP) is 3.94. The van der Waals surface area contributed by atoms with Gasteiger partial charge in [0.15, 0.2) is 0 Å². The van der Waals surface area contributed by atoms with Gasteiger partial charge in [-0.3, -0.25) is 4.90 Å². The molecule has 114 valence electrons. The normalized spacial score (nSPS) is 31.4. The number of rotatable bonds is 4. The van der Waals surface area contributed by atoms with Crippen LogP contribution >= 0.6 is 11.6 Å². The van der Waals surface area contributed by atoms with Crippen molar-refractivity contribution < 1.29 is 0 Å². The second kappa shape index (κ2) is 6.12. The van der Waals surface area contributed by atoms with Gasteiger partial charge in [0.05, 0.1) is 0 Å². The van der Waals surface area contributed by atoms with Crippen molar-refractivity contribution >= 4 is 11.6 Å². The molecule has 2 nitrogen and oxygen atoms in total. The van der Waals surface area contributed by atoms with Gasteiger partial charge < -0.3 is 5.32 Å². The fourth-order valence-corrected chi connectivity index (χ4v) is 3.63. The molecule has 1 heterocycles.